The second-order valence-electron chi connectivity index (χ2n) is 5.34. The monoisotopic (exact) mass is 355 g/mol. The van der Waals surface area contributed by atoms with E-state index in [9.17, 15) is 0 Å². The van der Waals surface area contributed by atoms with Gasteiger partial charge in [0.1, 0.15) is 19.0 Å². The number of aromatic amines is 1. The SMILES string of the molecule is c1ccc(OCCSc2n[nH]c(-c3ccc4c(c3)OCCO4)n2)cc1. The third-order valence-corrected chi connectivity index (χ3v) is 4.42. The number of H-pyrrole nitrogens is 1. The number of aromatic nitrogens is 3. The summed E-state index contributed by atoms with van der Waals surface area (Å²) in [4.78, 5) is 4.52. The molecule has 0 unspecified atom stereocenters. The molecule has 3 aromatic rings. The van der Waals surface area contributed by atoms with Crippen molar-refractivity contribution < 1.29 is 14.2 Å². The highest BCUT2D eigenvalue weighted by atomic mass is 32.2. The van der Waals surface area contributed by atoms with E-state index in [2.05, 4.69) is 15.2 Å². The van der Waals surface area contributed by atoms with Crippen LogP contribution in [0.25, 0.3) is 11.4 Å². The number of rotatable bonds is 6. The van der Waals surface area contributed by atoms with Crippen molar-refractivity contribution in [3.05, 3.63) is 48.5 Å². The highest BCUT2D eigenvalue weighted by Crippen LogP contribution is 2.33. The van der Waals surface area contributed by atoms with Gasteiger partial charge in [0.2, 0.25) is 5.16 Å². The minimum absolute atomic E-state index is 0.565. The standard InChI is InChI=1S/C18H17N3O3S/c1-2-4-14(5-3-1)22-10-11-25-18-19-17(20-21-18)13-6-7-15-16(12-13)24-9-8-23-15/h1-7,12H,8-11H2,(H,19,20,21). The molecular formula is C18H17N3O3S. The fourth-order valence-corrected chi connectivity index (χ4v) is 3.06. The molecule has 0 amide bonds. The van der Waals surface area contributed by atoms with Crippen LogP contribution in [0.15, 0.2) is 53.7 Å². The lowest BCUT2D eigenvalue weighted by Crippen LogP contribution is -2.15. The van der Waals surface area contributed by atoms with Crippen LogP contribution in [0.4, 0.5) is 0 Å². The summed E-state index contributed by atoms with van der Waals surface area (Å²) < 4.78 is 16.8. The van der Waals surface area contributed by atoms with Crippen molar-refractivity contribution in [3.8, 4) is 28.6 Å². The Labute approximate surface area is 149 Å². The van der Waals surface area contributed by atoms with Crippen LogP contribution in [0.3, 0.4) is 0 Å². The van der Waals surface area contributed by atoms with E-state index in [1.54, 1.807) is 11.8 Å². The normalized spacial score (nSPS) is 12.8. The predicted molar refractivity (Wildman–Crippen MR) is 95.5 cm³/mol. The maximum absolute atomic E-state index is 5.66. The van der Waals surface area contributed by atoms with E-state index in [-0.39, 0.29) is 0 Å². The molecule has 1 aliphatic rings. The van der Waals surface area contributed by atoms with Gasteiger partial charge >= 0.3 is 0 Å². The molecular weight excluding hydrogens is 338 g/mol. The maximum Gasteiger partial charge on any atom is 0.208 e. The van der Waals surface area contributed by atoms with Crippen LogP contribution >= 0.6 is 11.8 Å². The van der Waals surface area contributed by atoms with E-state index in [1.807, 2.05) is 48.5 Å². The summed E-state index contributed by atoms with van der Waals surface area (Å²) in [6.07, 6.45) is 0. The number of ether oxygens (including phenoxy) is 3. The Hall–Kier alpha value is -2.67. The summed E-state index contributed by atoms with van der Waals surface area (Å²) >= 11 is 1.55. The Morgan fingerprint density at radius 2 is 1.88 bits per heavy atom. The van der Waals surface area contributed by atoms with Crippen LogP contribution in [-0.4, -0.2) is 40.8 Å². The molecule has 2 aromatic carbocycles. The smallest absolute Gasteiger partial charge is 0.208 e. The van der Waals surface area contributed by atoms with Gasteiger partial charge in [0.25, 0.3) is 0 Å². The molecule has 1 N–H and O–H groups in total. The second-order valence-corrected chi connectivity index (χ2v) is 6.40. The zero-order valence-electron chi connectivity index (χ0n) is 13.5. The number of nitrogens with zero attached hydrogens (tertiary/aromatic N) is 2. The van der Waals surface area contributed by atoms with Crippen molar-refractivity contribution in [2.75, 3.05) is 25.6 Å². The summed E-state index contributed by atoms with van der Waals surface area (Å²) in [5.74, 6) is 3.86. The fraction of sp³-hybridized carbons (Fsp3) is 0.222. The van der Waals surface area contributed by atoms with Gasteiger partial charge in [0.05, 0.1) is 6.61 Å². The molecule has 25 heavy (non-hydrogen) atoms. The van der Waals surface area contributed by atoms with Gasteiger partial charge in [-0.25, -0.2) is 4.98 Å². The molecule has 0 saturated heterocycles. The second kappa shape index (κ2) is 7.48. The van der Waals surface area contributed by atoms with E-state index in [0.29, 0.717) is 30.8 Å². The Morgan fingerprint density at radius 3 is 2.76 bits per heavy atom. The Kier molecular flexibility index (Phi) is 4.74. The van der Waals surface area contributed by atoms with Crippen LogP contribution in [0, 0.1) is 0 Å². The summed E-state index contributed by atoms with van der Waals surface area (Å²) in [7, 11) is 0. The van der Waals surface area contributed by atoms with Crippen molar-refractivity contribution in [1.29, 1.82) is 0 Å². The van der Waals surface area contributed by atoms with Gasteiger partial charge in [-0.05, 0) is 30.3 Å². The molecule has 6 nitrogen and oxygen atoms in total. The van der Waals surface area contributed by atoms with Crippen LogP contribution in [-0.2, 0) is 0 Å². The third kappa shape index (κ3) is 3.88. The molecule has 128 valence electrons. The van der Waals surface area contributed by atoms with Gasteiger partial charge in [-0.2, -0.15) is 0 Å². The molecule has 0 atom stereocenters. The summed E-state index contributed by atoms with van der Waals surface area (Å²) in [5.41, 5.74) is 0.920. The topological polar surface area (TPSA) is 69.3 Å². The van der Waals surface area contributed by atoms with Gasteiger partial charge < -0.3 is 14.2 Å². The van der Waals surface area contributed by atoms with E-state index in [4.69, 9.17) is 14.2 Å². The lowest BCUT2D eigenvalue weighted by molar-refractivity contribution is 0.171. The van der Waals surface area contributed by atoms with Gasteiger partial charge in [-0.1, -0.05) is 30.0 Å². The number of hydrogen-bond acceptors (Lipinski definition) is 6. The Morgan fingerprint density at radius 1 is 1.04 bits per heavy atom. The fourth-order valence-electron chi connectivity index (χ4n) is 2.44. The third-order valence-electron chi connectivity index (χ3n) is 3.61. The van der Waals surface area contributed by atoms with E-state index in [1.165, 1.54) is 0 Å². The lowest BCUT2D eigenvalue weighted by Gasteiger charge is -2.18. The minimum atomic E-state index is 0.565. The van der Waals surface area contributed by atoms with Crippen molar-refractivity contribution >= 4 is 11.8 Å². The van der Waals surface area contributed by atoms with Gasteiger partial charge in [-0.3, -0.25) is 5.10 Å². The molecule has 2 heterocycles. The van der Waals surface area contributed by atoms with E-state index in [0.717, 1.165) is 28.6 Å². The number of fused-ring (bicyclic) bond motifs is 1. The van der Waals surface area contributed by atoms with Crippen molar-refractivity contribution in [1.82, 2.24) is 15.2 Å². The van der Waals surface area contributed by atoms with Crippen LogP contribution in [0.5, 0.6) is 17.2 Å². The molecule has 0 saturated carbocycles. The van der Waals surface area contributed by atoms with Gasteiger partial charge in [-0.15, -0.1) is 5.10 Å². The van der Waals surface area contributed by atoms with E-state index >= 15 is 0 Å². The molecule has 1 aromatic heterocycles. The number of para-hydroxylation sites is 1. The highest BCUT2D eigenvalue weighted by Gasteiger charge is 2.14. The molecule has 4 rings (SSSR count). The Balaban J connectivity index is 1.34. The molecule has 0 aliphatic carbocycles. The Bertz CT molecular complexity index is 839. The van der Waals surface area contributed by atoms with Gasteiger partial charge in [0.15, 0.2) is 17.3 Å². The highest BCUT2D eigenvalue weighted by molar-refractivity contribution is 7.99. The maximum atomic E-state index is 5.66. The first kappa shape index (κ1) is 15.8. The molecule has 1 aliphatic heterocycles. The average molecular weight is 355 g/mol. The summed E-state index contributed by atoms with van der Waals surface area (Å²) in [6.45, 7) is 1.75. The van der Waals surface area contributed by atoms with Crippen LogP contribution in [0.2, 0.25) is 0 Å². The van der Waals surface area contributed by atoms with Crippen molar-refractivity contribution in [2.24, 2.45) is 0 Å². The number of hydrogen-bond donors (Lipinski definition) is 1. The average Bonchev–Trinajstić information content (AvgIpc) is 3.15. The molecule has 0 fully saturated rings. The van der Waals surface area contributed by atoms with Crippen LogP contribution in [0.1, 0.15) is 0 Å². The molecule has 7 heteroatoms. The van der Waals surface area contributed by atoms with Crippen LogP contribution < -0.4 is 14.2 Å². The van der Waals surface area contributed by atoms with Crippen molar-refractivity contribution in [3.63, 3.8) is 0 Å². The summed E-state index contributed by atoms with van der Waals surface area (Å²) in [6, 6.07) is 15.5. The number of thioether (sulfide) groups is 1. The van der Waals surface area contributed by atoms with E-state index < -0.39 is 0 Å². The minimum Gasteiger partial charge on any atom is -0.493 e. The quantitative estimate of drug-likeness (QED) is 0.540. The predicted octanol–water partition coefficient (Wildman–Crippen LogP) is 3.41. The van der Waals surface area contributed by atoms with Crippen molar-refractivity contribution in [2.45, 2.75) is 5.16 Å². The summed E-state index contributed by atoms with van der Waals surface area (Å²) in [5, 5.41) is 7.91. The molecule has 0 bridgehead atoms. The number of benzene rings is 2. The first-order valence-corrected chi connectivity index (χ1v) is 9.00. The molecule has 0 spiro atoms. The number of nitrogens with one attached hydrogen (secondary N) is 1. The first-order chi connectivity index (χ1) is 12.4. The van der Waals surface area contributed by atoms with Gasteiger partial charge in [0, 0.05) is 11.3 Å². The lowest BCUT2D eigenvalue weighted by atomic mass is 10.2. The zero-order valence-corrected chi connectivity index (χ0v) is 14.3. The molecule has 0 radical (unpaired) electrons. The first-order valence-electron chi connectivity index (χ1n) is 8.01. The zero-order chi connectivity index (χ0) is 16.9. The largest absolute Gasteiger partial charge is 0.493 e.